The minimum atomic E-state index is -0.766. The van der Waals surface area contributed by atoms with E-state index in [1.54, 1.807) is 0 Å². The molecule has 0 aliphatic rings. The van der Waals surface area contributed by atoms with E-state index in [9.17, 15) is 4.79 Å². The predicted molar refractivity (Wildman–Crippen MR) is 80.0 cm³/mol. The summed E-state index contributed by atoms with van der Waals surface area (Å²) in [5.41, 5.74) is 1.00. The van der Waals surface area contributed by atoms with Crippen LogP contribution in [0.2, 0.25) is 0 Å². The molecule has 0 bridgehead atoms. The Morgan fingerprint density at radius 1 is 1.30 bits per heavy atom. The Balaban J connectivity index is 2.86. The van der Waals surface area contributed by atoms with Gasteiger partial charge in [-0.25, -0.2) is 0 Å². The van der Waals surface area contributed by atoms with Crippen molar-refractivity contribution in [3.8, 4) is 5.75 Å². The first kappa shape index (κ1) is 16.5. The zero-order valence-corrected chi connectivity index (χ0v) is 12.8. The number of hydrogen-bond donors (Lipinski definition) is 1. The van der Waals surface area contributed by atoms with Crippen molar-refractivity contribution in [1.29, 1.82) is 0 Å². The van der Waals surface area contributed by atoms with Crippen molar-refractivity contribution in [2.75, 3.05) is 13.2 Å². The molecule has 4 nitrogen and oxygen atoms in total. The summed E-state index contributed by atoms with van der Waals surface area (Å²) in [5, 5.41) is 8.88. The van der Waals surface area contributed by atoms with Crippen LogP contribution in [-0.4, -0.2) is 34.7 Å². The van der Waals surface area contributed by atoms with Crippen LogP contribution < -0.4 is 4.74 Å². The maximum absolute atomic E-state index is 10.8. The molecule has 112 valence electrons. The van der Waals surface area contributed by atoms with Crippen LogP contribution in [0.5, 0.6) is 5.75 Å². The van der Waals surface area contributed by atoms with Gasteiger partial charge in [-0.3, -0.25) is 9.69 Å². The topological polar surface area (TPSA) is 49.8 Å². The summed E-state index contributed by atoms with van der Waals surface area (Å²) in [6.45, 7) is 10.1. The van der Waals surface area contributed by atoms with Gasteiger partial charge in [0.15, 0.2) is 0 Å². The lowest BCUT2D eigenvalue weighted by Gasteiger charge is -2.35. The fourth-order valence-corrected chi connectivity index (χ4v) is 2.02. The van der Waals surface area contributed by atoms with Gasteiger partial charge in [0, 0.05) is 24.2 Å². The maximum Gasteiger partial charge on any atom is 0.304 e. The molecule has 0 saturated carbocycles. The zero-order chi connectivity index (χ0) is 15.2. The number of carbonyl (C=O) groups is 1. The Hall–Kier alpha value is -1.55. The van der Waals surface area contributed by atoms with Gasteiger partial charge in [0.05, 0.1) is 13.0 Å². The van der Waals surface area contributed by atoms with E-state index >= 15 is 0 Å². The fraction of sp³-hybridized carbons (Fsp3) is 0.562. The summed E-state index contributed by atoms with van der Waals surface area (Å²) in [4.78, 5) is 13.0. The van der Waals surface area contributed by atoms with Crippen LogP contribution in [0.4, 0.5) is 0 Å². The molecule has 1 aromatic carbocycles. The number of carboxylic acids is 1. The van der Waals surface area contributed by atoms with Gasteiger partial charge in [0.25, 0.3) is 0 Å². The molecule has 0 aromatic heterocycles. The van der Waals surface area contributed by atoms with Crippen molar-refractivity contribution in [2.45, 2.75) is 46.2 Å². The summed E-state index contributed by atoms with van der Waals surface area (Å²) in [7, 11) is 0. The van der Waals surface area contributed by atoms with Gasteiger partial charge in [-0.15, -0.1) is 0 Å². The van der Waals surface area contributed by atoms with Crippen molar-refractivity contribution in [2.24, 2.45) is 0 Å². The SMILES string of the molecule is CCOc1ccccc1CN(CCC(=O)O)C(C)(C)C. The van der Waals surface area contributed by atoms with E-state index < -0.39 is 5.97 Å². The molecule has 1 N–H and O–H groups in total. The maximum atomic E-state index is 10.8. The van der Waals surface area contributed by atoms with Crippen molar-refractivity contribution in [3.05, 3.63) is 29.8 Å². The van der Waals surface area contributed by atoms with E-state index in [1.807, 2.05) is 31.2 Å². The highest BCUT2D eigenvalue weighted by atomic mass is 16.5. The van der Waals surface area contributed by atoms with Crippen molar-refractivity contribution >= 4 is 5.97 Å². The molecular formula is C16H25NO3. The molecule has 0 atom stereocenters. The molecule has 1 rings (SSSR count). The summed E-state index contributed by atoms with van der Waals surface area (Å²) in [6, 6.07) is 7.92. The Kier molecular flexibility index (Phi) is 6.02. The average Bonchev–Trinajstić information content (AvgIpc) is 2.35. The fourth-order valence-electron chi connectivity index (χ4n) is 2.02. The second-order valence-electron chi connectivity index (χ2n) is 5.78. The normalized spacial score (nSPS) is 11.7. The molecular weight excluding hydrogens is 254 g/mol. The molecule has 0 heterocycles. The molecule has 0 fully saturated rings. The van der Waals surface area contributed by atoms with Crippen LogP contribution >= 0.6 is 0 Å². The van der Waals surface area contributed by atoms with Crippen molar-refractivity contribution in [1.82, 2.24) is 4.90 Å². The second-order valence-corrected chi connectivity index (χ2v) is 5.78. The van der Waals surface area contributed by atoms with Crippen molar-refractivity contribution < 1.29 is 14.6 Å². The summed E-state index contributed by atoms with van der Waals surface area (Å²) in [6.07, 6.45) is 0.147. The van der Waals surface area contributed by atoms with Gasteiger partial charge in [-0.05, 0) is 33.8 Å². The number of nitrogens with zero attached hydrogens (tertiary/aromatic N) is 1. The summed E-state index contributed by atoms with van der Waals surface area (Å²) >= 11 is 0. The van der Waals surface area contributed by atoms with E-state index in [0.29, 0.717) is 19.7 Å². The van der Waals surface area contributed by atoms with E-state index in [1.165, 1.54) is 0 Å². The molecule has 20 heavy (non-hydrogen) atoms. The minimum absolute atomic E-state index is 0.0885. The molecule has 0 radical (unpaired) electrons. The largest absolute Gasteiger partial charge is 0.494 e. The van der Waals surface area contributed by atoms with Crippen LogP contribution in [-0.2, 0) is 11.3 Å². The number of benzene rings is 1. The predicted octanol–water partition coefficient (Wildman–Crippen LogP) is 3.16. The van der Waals surface area contributed by atoms with Gasteiger partial charge in [0.1, 0.15) is 5.75 Å². The van der Waals surface area contributed by atoms with E-state index in [-0.39, 0.29) is 12.0 Å². The van der Waals surface area contributed by atoms with Gasteiger partial charge < -0.3 is 9.84 Å². The highest BCUT2D eigenvalue weighted by Gasteiger charge is 2.23. The molecule has 0 unspecified atom stereocenters. The lowest BCUT2D eigenvalue weighted by atomic mass is 10.0. The number of hydrogen-bond acceptors (Lipinski definition) is 3. The number of ether oxygens (including phenoxy) is 1. The average molecular weight is 279 g/mol. The third-order valence-corrected chi connectivity index (χ3v) is 3.18. The number of rotatable bonds is 7. The van der Waals surface area contributed by atoms with Crippen LogP contribution in [0.3, 0.4) is 0 Å². The second kappa shape index (κ2) is 7.29. The Labute approximate surface area is 121 Å². The smallest absolute Gasteiger partial charge is 0.304 e. The van der Waals surface area contributed by atoms with Gasteiger partial charge >= 0.3 is 5.97 Å². The first-order chi connectivity index (χ1) is 9.34. The first-order valence-corrected chi connectivity index (χ1v) is 7.02. The quantitative estimate of drug-likeness (QED) is 0.833. The van der Waals surface area contributed by atoms with Crippen molar-refractivity contribution in [3.63, 3.8) is 0 Å². The molecule has 0 aliphatic carbocycles. The zero-order valence-electron chi connectivity index (χ0n) is 12.8. The lowest BCUT2D eigenvalue weighted by Crippen LogP contribution is -2.42. The van der Waals surface area contributed by atoms with Gasteiger partial charge in [-0.1, -0.05) is 18.2 Å². The van der Waals surface area contributed by atoms with Crippen LogP contribution in [0.25, 0.3) is 0 Å². The molecule has 0 saturated heterocycles. The Morgan fingerprint density at radius 2 is 1.95 bits per heavy atom. The number of aliphatic carboxylic acids is 1. The first-order valence-electron chi connectivity index (χ1n) is 7.02. The van der Waals surface area contributed by atoms with Crippen LogP contribution in [0, 0.1) is 0 Å². The number of carboxylic acid groups (broad SMARTS) is 1. The van der Waals surface area contributed by atoms with E-state index in [0.717, 1.165) is 11.3 Å². The van der Waals surface area contributed by atoms with Gasteiger partial charge in [0.2, 0.25) is 0 Å². The monoisotopic (exact) mass is 279 g/mol. The standard InChI is InChI=1S/C16H25NO3/c1-5-20-14-9-7-6-8-13(14)12-17(16(2,3)4)11-10-15(18)19/h6-9H,5,10-12H2,1-4H3,(H,18,19). The van der Waals surface area contributed by atoms with Gasteiger partial charge in [-0.2, -0.15) is 0 Å². The number of para-hydroxylation sites is 1. The van der Waals surface area contributed by atoms with E-state index in [4.69, 9.17) is 9.84 Å². The van der Waals surface area contributed by atoms with E-state index in [2.05, 4.69) is 25.7 Å². The Bertz CT molecular complexity index is 438. The van der Waals surface area contributed by atoms with Crippen LogP contribution in [0.15, 0.2) is 24.3 Å². The highest BCUT2D eigenvalue weighted by Crippen LogP contribution is 2.24. The molecule has 0 amide bonds. The molecule has 0 aliphatic heterocycles. The highest BCUT2D eigenvalue weighted by molar-refractivity contribution is 5.66. The molecule has 4 heteroatoms. The van der Waals surface area contributed by atoms with Crippen LogP contribution in [0.1, 0.15) is 39.7 Å². The minimum Gasteiger partial charge on any atom is -0.494 e. The lowest BCUT2D eigenvalue weighted by molar-refractivity contribution is -0.137. The summed E-state index contributed by atoms with van der Waals surface area (Å²) < 4.78 is 5.63. The molecule has 1 aromatic rings. The molecule has 0 spiro atoms. The summed E-state index contributed by atoms with van der Waals surface area (Å²) in [5.74, 6) is 0.108. The Morgan fingerprint density at radius 3 is 2.50 bits per heavy atom. The third kappa shape index (κ3) is 5.21. The third-order valence-electron chi connectivity index (χ3n) is 3.18.